The summed E-state index contributed by atoms with van der Waals surface area (Å²) in [5, 5.41) is 0. The highest BCUT2D eigenvalue weighted by molar-refractivity contribution is 4.90. The van der Waals surface area contributed by atoms with E-state index < -0.39 is 0 Å². The van der Waals surface area contributed by atoms with Crippen LogP contribution >= 0.6 is 0 Å². The summed E-state index contributed by atoms with van der Waals surface area (Å²) in [6.45, 7) is 10.6. The van der Waals surface area contributed by atoms with Crippen LogP contribution in [0.15, 0.2) is 0 Å². The van der Waals surface area contributed by atoms with Gasteiger partial charge in [0.05, 0.1) is 0 Å². The van der Waals surface area contributed by atoms with Crippen LogP contribution in [-0.4, -0.2) is 23.5 Å². The van der Waals surface area contributed by atoms with Crippen LogP contribution in [0.1, 0.15) is 47.0 Å². The zero-order valence-corrected chi connectivity index (χ0v) is 9.01. The Labute approximate surface area is 77.1 Å². The fourth-order valence-electron chi connectivity index (χ4n) is 2.24. The molecule has 0 amide bonds. The van der Waals surface area contributed by atoms with Gasteiger partial charge in [-0.1, -0.05) is 26.7 Å². The molecule has 1 aliphatic rings. The minimum Gasteiger partial charge on any atom is -0.297 e. The van der Waals surface area contributed by atoms with E-state index in [4.69, 9.17) is 0 Å². The highest BCUT2D eigenvalue weighted by Gasteiger charge is 2.35. The third-order valence-electron chi connectivity index (χ3n) is 3.10. The molecular weight excluding hydrogens is 146 g/mol. The maximum atomic E-state index is 2.64. The molecule has 1 aliphatic heterocycles. The number of rotatable bonds is 4. The second-order valence-corrected chi connectivity index (χ2v) is 4.48. The zero-order chi connectivity index (χ0) is 9.14. The van der Waals surface area contributed by atoms with Gasteiger partial charge in [0, 0.05) is 18.6 Å². The van der Waals surface area contributed by atoms with Crippen molar-refractivity contribution in [1.29, 1.82) is 0 Å². The Kier molecular flexibility index (Phi) is 3.57. The van der Waals surface area contributed by atoms with Crippen LogP contribution in [0.2, 0.25) is 0 Å². The molecule has 0 aliphatic carbocycles. The molecular formula is C11H23N. The second kappa shape index (κ2) is 4.27. The third-order valence-corrected chi connectivity index (χ3v) is 3.10. The van der Waals surface area contributed by atoms with Gasteiger partial charge in [-0.2, -0.15) is 0 Å². The van der Waals surface area contributed by atoms with Gasteiger partial charge in [-0.3, -0.25) is 4.90 Å². The zero-order valence-electron chi connectivity index (χ0n) is 9.01. The quantitative estimate of drug-likeness (QED) is 0.625. The summed E-state index contributed by atoms with van der Waals surface area (Å²) in [5.41, 5.74) is 0. The monoisotopic (exact) mass is 169 g/mol. The van der Waals surface area contributed by atoms with Gasteiger partial charge >= 0.3 is 0 Å². The Morgan fingerprint density at radius 2 is 2.08 bits per heavy atom. The van der Waals surface area contributed by atoms with E-state index in [-0.39, 0.29) is 0 Å². The first-order chi connectivity index (χ1) is 5.66. The highest BCUT2D eigenvalue weighted by Crippen LogP contribution is 2.30. The number of hydrogen-bond donors (Lipinski definition) is 0. The molecule has 1 saturated heterocycles. The van der Waals surface area contributed by atoms with Gasteiger partial charge in [0.2, 0.25) is 0 Å². The Hall–Kier alpha value is -0.0400. The molecule has 2 unspecified atom stereocenters. The summed E-state index contributed by atoms with van der Waals surface area (Å²) in [6.07, 6.45) is 4.16. The van der Waals surface area contributed by atoms with Gasteiger partial charge in [-0.15, -0.1) is 0 Å². The highest BCUT2D eigenvalue weighted by atomic mass is 15.2. The third kappa shape index (κ3) is 2.01. The van der Waals surface area contributed by atoms with E-state index in [0.29, 0.717) is 0 Å². The van der Waals surface area contributed by atoms with Crippen molar-refractivity contribution in [2.45, 2.75) is 59.0 Å². The standard InChI is InChI=1S/C11H23N/c1-5-6-7-11-10(4)8-12(11)9(2)3/h9-11H,5-8H2,1-4H3. The predicted molar refractivity (Wildman–Crippen MR) is 54.3 cm³/mol. The molecule has 0 radical (unpaired) electrons. The van der Waals surface area contributed by atoms with Gasteiger partial charge < -0.3 is 0 Å². The minimum absolute atomic E-state index is 0.753. The maximum Gasteiger partial charge on any atom is 0.0136 e. The average molecular weight is 169 g/mol. The summed E-state index contributed by atoms with van der Waals surface area (Å²) in [4.78, 5) is 2.64. The normalized spacial score (nSPS) is 30.8. The lowest BCUT2D eigenvalue weighted by Crippen LogP contribution is -2.57. The largest absolute Gasteiger partial charge is 0.297 e. The molecule has 0 aromatic heterocycles. The van der Waals surface area contributed by atoms with Crippen molar-refractivity contribution >= 4 is 0 Å². The van der Waals surface area contributed by atoms with E-state index in [1.165, 1.54) is 25.8 Å². The van der Waals surface area contributed by atoms with Crippen LogP contribution in [0.5, 0.6) is 0 Å². The number of hydrogen-bond acceptors (Lipinski definition) is 1. The predicted octanol–water partition coefficient (Wildman–Crippen LogP) is 2.91. The molecule has 0 bridgehead atoms. The van der Waals surface area contributed by atoms with Gasteiger partial charge in [-0.25, -0.2) is 0 Å². The Morgan fingerprint density at radius 1 is 1.42 bits per heavy atom. The van der Waals surface area contributed by atoms with Crippen LogP contribution in [0, 0.1) is 5.92 Å². The van der Waals surface area contributed by atoms with Gasteiger partial charge in [-0.05, 0) is 26.2 Å². The van der Waals surface area contributed by atoms with Crippen molar-refractivity contribution in [3.05, 3.63) is 0 Å². The molecule has 0 saturated carbocycles. The molecule has 1 nitrogen and oxygen atoms in total. The molecule has 0 aromatic rings. The van der Waals surface area contributed by atoms with Crippen molar-refractivity contribution < 1.29 is 0 Å². The lowest BCUT2D eigenvalue weighted by atomic mass is 9.85. The van der Waals surface area contributed by atoms with E-state index in [1.807, 2.05) is 0 Å². The maximum absolute atomic E-state index is 2.64. The average Bonchev–Trinajstić information content (AvgIpc) is 2.00. The molecule has 0 N–H and O–H groups in total. The van der Waals surface area contributed by atoms with Crippen molar-refractivity contribution in [3.63, 3.8) is 0 Å². The van der Waals surface area contributed by atoms with E-state index in [0.717, 1.165) is 18.0 Å². The summed E-state index contributed by atoms with van der Waals surface area (Å²) in [5.74, 6) is 0.943. The first kappa shape index (κ1) is 10.0. The molecule has 12 heavy (non-hydrogen) atoms. The Balaban J connectivity index is 2.29. The SMILES string of the molecule is CCCCC1C(C)CN1C(C)C. The van der Waals surface area contributed by atoms with Crippen LogP contribution < -0.4 is 0 Å². The van der Waals surface area contributed by atoms with E-state index in [2.05, 4.69) is 32.6 Å². The molecule has 2 atom stereocenters. The van der Waals surface area contributed by atoms with Crippen molar-refractivity contribution in [1.82, 2.24) is 4.90 Å². The number of nitrogens with zero attached hydrogens (tertiary/aromatic N) is 1. The number of unbranched alkanes of at least 4 members (excludes halogenated alkanes) is 1. The second-order valence-electron chi connectivity index (χ2n) is 4.48. The molecule has 1 fully saturated rings. The first-order valence-corrected chi connectivity index (χ1v) is 5.42. The van der Waals surface area contributed by atoms with Crippen LogP contribution in [0.25, 0.3) is 0 Å². The lowest BCUT2D eigenvalue weighted by Gasteiger charge is -2.49. The van der Waals surface area contributed by atoms with Crippen molar-refractivity contribution in [3.8, 4) is 0 Å². The van der Waals surface area contributed by atoms with E-state index in [9.17, 15) is 0 Å². The summed E-state index contributed by atoms with van der Waals surface area (Å²) < 4.78 is 0. The van der Waals surface area contributed by atoms with Crippen molar-refractivity contribution in [2.75, 3.05) is 6.54 Å². The van der Waals surface area contributed by atoms with E-state index in [1.54, 1.807) is 0 Å². The van der Waals surface area contributed by atoms with E-state index >= 15 is 0 Å². The van der Waals surface area contributed by atoms with Gasteiger partial charge in [0.1, 0.15) is 0 Å². The summed E-state index contributed by atoms with van der Waals surface area (Å²) >= 11 is 0. The Morgan fingerprint density at radius 3 is 2.50 bits per heavy atom. The molecule has 72 valence electrons. The van der Waals surface area contributed by atoms with Crippen molar-refractivity contribution in [2.24, 2.45) is 5.92 Å². The molecule has 1 heteroatoms. The fourth-order valence-corrected chi connectivity index (χ4v) is 2.24. The first-order valence-electron chi connectivity index (χ1n) is 5.42. The fraction of sp³-hybridized carbons (Fsp3) is 1.00. The van der Waals surface area contributed by atoms with Crippen LogP contribution in [0.3, 0.4) is 0 Å². The molecule has 1 rings (SSSR count). The topological polar surface area (TPSA) is 3.24 Å². The molecule has 1 heterocycles. The summed E-state index contributed by atoms with van der Waals surface area (Å²) in [6, 6.07) is 1.65. The smallest absolute Gasteiger partial charge is 0.0136 e. The minimum atomic E-state index is 0.753. The summed E-state index contributed by atoms with van der Waals surface area (Å²) in [7, 11) is 0. The van der Waals surface area contributed by atoms with Crippen LogP contribution in [-0.2, 0) is 0 Å². The van der Waals surface area contributed by atoms with Gasteiger partial charge in [0.25, 0.3) is 0 Å². The molecule has 0 spiro atoms. The Bertz CT molecular complexity index is 131. The number of likely N-dealkylation sites (tertiary alicyclic amines) is 1. The van der Waals surface area contributed by atoms with Gasteiger partial charge in [0.15, 0.2) is 0 Å². The lowest BCUT2D eigenvalue weighted by molar-refractivity contribution is -0.00801. The molecule has 0 aromatic carbocycles. The van der Waals surface area contributed by atoms with Crippen LogP contribution in [0.4, 0.5) is 0 Å².